The van der Waals surface area contributed by atoms with Gasteiger partial charge >= 0.3 is 7.60 Å². The van der Waals surface area contributed by atoms with Crippen LogP contribution in [0.25, 0.3) is 0 Å². The molecule has 2 atom stereocenters. The third-order valence-corrected chi connectivity index (χ3v) is 4.07. The van der Waals surface area contributed by atoms with Crippen LogP contribution in [0.15, 0.2) is 18.2 Å². The molecule has 0 aliphatic carbocycles. The normalized spacial score (nSPS) is 16.8. The topological polar surface area (TPSA) is 72.5 Å². The summed E-state index contributed by atoms with van der Waals surface area (Å²) in [5.74, 6) is 0. The number of hydrogen-bond donors (Lipinski definition) is 2. The van der Waals surface area contributed by atoms with Gasteiger partial charge in [0.2, 0.25) is 0 Å². The molecule has 0 amide bonds. The molecule has 0 aromatic heterocycles. The summed E-state index contributed by atoms with van der Waals surface area (Å²) in [5.41, 5.74) is 5.83. The van der Waals surface area contributed by atoms with E-state index in [9.17, 15) is 9.46 Å². The van der Waals surface area contributed by atoms with Crippen molar-refractivity contribution in [1.82, 2.24) is 0 Å². The predicted octanol–water partition coefficient (Wildman–Crippen LogP) is 2.55. The van der Waals surface area contributed by atoms with Crippen molar-refractivity contribution in [2.75, 3.05) is 5.73 Å². The molecule has 0 fully saturated rings. The van der Waals surface area contributed by atoms with Crippen molar-refractivity contribution in [3.8, 4) is 0 Å². The summed E-state index contributed by atoms with van der Waals surface area (Å²) in [6, 6.07) is 4.41. The van der Waals surface area contributed by atoms with Gasteiger partial charge in [0.05, 0.1) is 11.4 Å². The average molecular weight is 264 g/mol. The van der Waals surface area contributed by atoms with E-state index in [2.05, 4.69) is 0 Å². The Morgan fingerprint density at radius 1 is 1.62 bits per heavy atom. The molecule has 6 heteroatoms. The van der Waals surface area contributed by atoms with E-state index in [1.54, 1.807) is 13.0 Å². The van der Waals surface area contributed by atoms with Gasteiger partial charge in [0, 0.05) is 10.7 Å². The van der Waals surface area contributed by atoms with Crippen molar-refractivity contribution in [2.45, 2.75) is 26.4 Å². The van der Waals surface area contributed by atoms with Gasteiger partial charge in [-0.05, 0) is 31.5 Å². The Morgan fingerprint density at radius 2 is 2.25 bits per heavy atom. The molecule has 16 heavy (non-hydrogen) atoms. The predicted molar refractivity (Wildman–Crippen MR) is 66.2 cm³/mol. The maximum atomic E-state index is 12.0. The summed E-state index contributed by atoms with van der Waals surface area (Å²) >= 11 is 5.75. The summed E-state index contributed by atoms with van der Waals surface area (Å²) in [6.07, 6.45) is 0.333. The first-order valence-electron chi connectivity index (χ1n) is 4.93. The first-order chi connectivity index (χ1) is 7.36. The van der Waals surface area contributed by atoms with Crippen LogP contribution < -0.4 is 11.0 Å². The van der Waals surface area contributed by atoms with Gasteiger partial charge in [-0.2, -0.15) is 0 Å². The van der Waals surface area contributed by atoms with Crippen LogP contribution in [0.2, 0.25) is 5.02 Å². The van der Waals surface area contributed by atoms with Gasteiger partial charge in [0.15, 0.2) is 0 Å². The van der Waals surface area contributed by atoms with Crippen LogP contribution in [0.5, 0.6) is 0 Å². The lowest BCUT2D eigenvalue weighted by Crippen LogP contribution is -2.16. The number of nitrogens with two attached hydrogens (primary N) is 1. The molecule has 1 rings (SSSR count). The molecule has 0 saturated heterocycles. The Kier molecular flexibility index (Phi) is 4.39. The van der Waals surface area contributed by atoms with Crippen LogP contribution in [0.3, 0.4) is 0 Å². The van der Waals surface area contributed by atoms with E-state index in [1.165, 1.54) is 12.1 Å². The standard InChI is InChI=1S/C10H15ClNO3P/c1-3-7(2)15-16(13,14)10-6-8(11)4-5-9(10)12/h4-7H,3,12H2,1-2H3,(H,13,14). The third-order valence-electron chi connectivity index (χ3n) is 2.19. The van der Waals surface area contributed by atoms with E-state index in [0.717, 1.165) is 0 Å². The summed E-state index contributed by atoms with van der Waals surface area (Å²) < 4.78 is 17.0. The number of benzene rings is 1. The van der Waals surface area contributed by atoms with Crippen molar-refractivity contribution in [3.05, 3.63) is 23.2 Å². The van der Waals surface area contributed by atoms with Crippen LogP contribution in [0.1, 0.15) is 20.3 Å². The largest absolute Gasteiger partial charge is 0.398 e. The Bertz CT molecular complexity index is 425. The minimum absolute atomic E-state index is 0.0558. The Morgan fingerprint density at radius 3 is 2.81 bits per heavy atom. The molecular formula is C10H15ClNO3P. The lowest BCUT2D eigenvalue weighted by Gasteiger charge is -2.18. The first kappa shape index (κ1) is 13.5. The van der Waals surface area contributed by atoms with E-state index in [1.807, 2.05) is 6.92 Å². The Hall–Kier alpha value is -0.540. The lowest BCUT2D eigenvalue weighted by atomic mass is 10.3. The molecule has 90 valence electrons. The van der Waals surface area contributed by atoms with Gasteiger partial charge in [-0.15, -0.1) is 0 Å². The molecule has 0 aliphatic rings. The van der Waals surface area contributed by atoms with E-state index < -0.39 is 7.60 Å². The minimum atomic E-state index is -3.89. The highest BCUT2D eigenvalue weighted by Crippen LogP contribution is 2.44. The van der Waals surface area contributed by atoms with Crippen molar-refractivity contribution in [1.29, 1.82) is 0 Å². The fourth-order valence-corrected chi connectivity index (χ4v) is 2.84. The highest BCUT2D eigenvalue weighted by molar-refractivity contribution is 7.61. The maximum Gasteiger partial charge on any atom is 0.361 e. The number of hydrogen-bond acceptors (Lipinski definition) is 3. The lowest BCUT2D eigenvalue weighted by molar-refractivity contribution is 0.192. The summed E-state index contributed by atoms with van der Waals surface area (Å²) in [7, 11) is -3.89. The van der Waals surface area contributed by atoms with Gasteiger partial charge in [0.25, 0.3) is 0 Å². The minimum Gasteiger partial charge on any atom is -0.398 e. The highest BCUT2D eigenvalue weighted by atomic mass is 35.5. The van der Waals surface area contributed by atoms with Crippen LogP contribution in [0, 0.1) is 0 Å². The quantitative estimate of drug-likeness (QED) is 0.647. The summed E-state index contributed by atoms with van der Waals surface area (Å²) in [6.45, 7) is 3.59. The van der Waals surface area contributed by atoms with Crippen LogP contribution in [0.4, 0.5) is 5.69 Å². The van der Waals surface area contributed by atoms with Gasteiger partial charge in [-0.3, -0.25) is 4.57 Å². The molecule has 3 N–H and O–H groups in total. The number of halogens is 1. The molecule has 0 bridgehead atoms. The van der Waals surface area contributed by atoms with Crippen LogP contribution in [-0.2, 0) is 9.09 Å². The van der Waals surface area contributed by atoms with Gasteiger partial charge in [0.1, 0.15) is 0 Å². The molecule has 0 heterocycles. The van der Waals surface area contributed by atoms with E-state index in [0.29, 0.717) is 11.4 Å². The fraction of sp³-hybridized carbons (Fsp3) is 0.400. The molecule has 0 radical (unpaired) electrons. The average Bonchev–Trinajstić information content (AvgIpc) is 2.20. The molecule has 0 saturated carbocycles. The molecular weight excluding hydrogens is 249 g/mol. The third kappa shape index (κ3) is 3.22. The first-order valence-corrected chi connectivity index (χ1v) is 6.89. The molecule has 1 aromatic rings. The van der Waals surface area contributed by atoms with Gasteiger partial charge in [-0.25, -0.2) is 0 Å². The monoisotopic (exact) mass is 263 g/mol. The van der Waals surface area contributed by atoms with Crippen molar-refractivity contribution in [2.24, 2.45) is 0 Å². The molecule has 1 aromatic carbocycles. The van der Waals surface area contributed by atoms with E-state index in [4.69, 9.17) is 21.9 Å². The van der Waals surface area contributed by atoms with Crippen molar-refractivity contribution >= 4 is 30.2 Å². The molecule has 0 spiro atoms. The van der Waals surface area contributed by atoms with Gasteiger partial charge in [-0.1, -0.05) is 18.5 Å². The molecule has 2 unspecified atom stereocenters. The fourth-order valence-electron chi connectivity index (χ4n) is 1.14. The molecule has 4 nitrogen and oxygen atoms in total. The summed E-state index contributed by atoms with van der Waals surface area (Å²) in [4.78, 5) is 9.79. The Balaban J connectivity index is 3.06. The SMILES string of the molecule is CCC(C)OP(=O)(O)c1cc(Cl)ccc1N. The second-order valence-electron chi connectivity index (χ2n) is 3.55. The van der Waals surface area contributed by atoms with E-state index in [-0.39, 0.29) is 17.1 Å². The zero-order chi connectivity index (χ0) is 12.3. The van der Waals surface area contributed by atoms with Gasteiger partial charge < -0.3 is 15.2 Å². The molecule has 0 aliphatic heterocycles. The van der Waals surface area contributed by atoms with Crippen molar-refractivity contribution in [3.63, 3.8) is 0 Å². The number of nitrogen functional groups attached to an aromatic ring is 1. The second kappa shape index (κ2) is 5.19. The zero-order valence-electron chi connectivity index (χ0n) is 9.18. The van der Waals surface area contributed by atoms with Crippen molar-refractivity contribution < 1.29 is 14.0 Å². The second-order valence-corrected chi connectivity index (χ2v) is 5.72. The number of rotatable bonds is 4. The summed E-state index contributed by atoms with van der Waals surface area (Å²) in [5, 5.41) is 0.409. The smallest absolute Gasteiger partial charge is 0.361 e. The highest BCUT2D eigenvalue weighted by Gasteiger charge is 2.27. The Labute approximate surface area is 99.9 Å². The maximum absolute atomic E-state index is 12.0. The zero-order valence-corrected chi connectivity index (χ0v) is 10.8. The van der Waals surface area contributed by atoms with Crippen LogP contribution >= 0.6 is 19.2 Å². The van der Waals surface area contributed by atoms with E-state index >= 15 is 0 Å². The van der Waals surface area contributed by atoms with Crippen LogP contribution in [-0.4, -0.2) is 11.0 Å². The number of anilines is 1.